The normalized spacial score (nSPS) is 20.6. The van der Waals surface area contributed by atoms with E-state index in [0.717, 1.165) is 60.2 Å². The van der Waals surface area contributed by atoms with Crippen molar-refractivity contribution in [2.75, 3.05) is 25.0 Å². The number of unbranched alkanes of at least 4 members (excludes halogenated alkanes) is 2. The van der Waals surface area contributed by atoms with Crippen LogP contribution in [0.25, 0.3) is 11.0 Å². The van der Waals surface area contributed by atoms with E-state index in [9.17, 15) is 19.5 Å². The number of hydrogen-bond acceptors (Lipinski definition) is 7. The number of imidazole rings is 1. The number of carbonyl (C=O) groups excluding carboxylic acids is 1. The number of aliphatic hydroxyl groups is 1. The van der Waals surface area contributed by atoms with Gasteiger partial charge in [0, 0.05) is 56.2 Å². The zero-order valence-corrected chi connectivity index (χ0v) is 27.1. The number of nitrogens with one attached hydrogen (secondary N) is 2. The van der Waals surface area contributed by atoms with Crippen LogP contribution in [0.1, 0.15) is 86.5 Å². The predicted octanol–water partition coefficient (Wildman–Crippen LogP) is 5.68. The molecule has 2 fully saturated rings. The molecule has 3 heterocycles. The smallest absolute Gasteiger partial charge is 0.326 e. The number of rotatable bonds is 13. The lowest BCUT2D eigenvalue weighted by Gasteiger charge is -2.40. The van der Waals surface area contributed by atoms with E-state index in [1.807, 2.05) is 77.4 Å². The Balaban J connectivity index is 1.09. The van der Waals surface area contributed by atoms with Gasteiger partial charge in [-0.1, -0.05) is 55.0 Å². The van der Waals surface area contributed by atoms with Crippen molar-refractivity contribution in [3.63, 3.8) is 0 Å². The van der Waals surface area contributed by atoms with Crippen LogP contribution in [-0.2, 0) is 25.7 Å². The van der Waals surface area contributed by atoms with Crippen molar-refractivity contribution >= 4 is 28.6 Å². The summed E-state index contributed by atoms with van der Waals surface area (Å²) in [6.45, 7) is 2.42. The van der Waals surface area contributed by atoms with Gasteiger partial charge in [-0.3, -0.25) is 14.2 Å². The topological polar surface area (TPSA) is 146 Å². The summed E-state index contributed by atoms with van der Waals surface area (Å²) in [6, 6.07) is 23.3. The summed E-state index contributed by atoms with van der Waals surface area (Å²) < 4.78 is 15.0. The zero-order chi connectivity index (χ0) is 33.5. The van der Waals surface area contributed by atoms with Crippen molar-refractivity contribution in [3.8, 4) is 0 Å². The van der Waals surface area contributed by atoms with Crippen LogP contribution in [0.2, 0.25) is 0 Å². The molecule has 11 nitrogen and oxygen atoms in total. The number of carbonyl (C=O) groups is 2. The number of benzene rings is 3. The number of anilines is 1. The van der Waals surface area contributed by atoms with Crippen LogP contribution < -0.4 is 11.0 Å². The van der Waals surface area contributed by atoms with Gasteiger partial charge in [0.2, 0.25) is 5.91 Å². The Morgan fingerprint density at radius 3 is 2.31 bits per heavy atom. The number of para-hydroxylation sites is 2. The van der Waals surface area contributed by atoms with Crippen LogP contribution >= 0.6 is 0 Å². The number of ether oxygens (including phenoxy) is 2. The molecule has 0 aliphatic carbocycles. The standard InChI is InChI=1S/C37H44N4O7/c42-24-25-10-12-26(13-11-25)33-22-30(23-40-20-18-29(19-21-40)41-32-7-5-4-6-31(32)39-37(41)46)47-36(48-33)27-14-16-28(17-15-27)38-34(43)8-2-1-3-9-35(44)45/h4-7,10-17,29-30,33,36,42H,1-3,8-9,18-24H2,(H,38,43)(H,39,46)(H,44,45)/t30-,33+,36+/m0/s1. The number of likely N-dealkylation sites (tertiary alicyclic amines) is 1. The second kappa shape index (κ2) is 15.7. The summed E-state index contributed by atoms with van der Waals surface area (Å²) in [5.74, 6) is -0.920. The Bertz CT molecular complexity index is 1730. The van der Waals surface area contributed by atoms with Gasteiger partial charge < -0.3 is 34.9 Å². The number of H-pyrrole nitrogens is 1. The zero-order valence-electron chi connectivity index (χ0n) is 27.1. The van der Waals surface area contributed by atoms with Crippen LogP contribution in [-0.4, -0.2) is 62.3 Å². The number of aliphatic carboxylic acids is 1. The molecule has 0 spiro atoms. The van der Waals surface area contributed by atoms with E-state index in [2.05, 4.69) is 15.2 Å². The maximum absolute atomic E-state index is 12.8. The largest absolute Gasteiger partial charge is 0.481 e. The molecule has 0 radical (unpaired) electrons. The average Bonchev–Trinajstić information content (AvgIpc) is 3.44. The third-order valence-corrected chi connectivity index (χ3v) is 9.38. The second-order valence-electron chi connectivity index (χ2n) is 12.8. The molecular formula is C37H44N4O7. The fourth-order valence-electron chi connectivity index (χ4n) is 6.80. The second-order valence-corrected chi connectivity index (χ2v) is 12.8. The molecule has 3 aromatic carbocycles. The Morgan fingerprint density at radius 2 is 1.58 bits per heavy atom. The van der Waals surface area contributed by atoms with Gasteiger partial charge in [0.25, 0.3) is 0 Å². The first-order valence-electron chi connectivity index (χ1n) is 16.9. The number of nitrogens with zero attached hydrogens (tertiary/aromatic N) is 2. The van der Waals surface area contributed by atoms with E-state index >= 15 is 0 Å². The minimum atomic E-state index is -0.816. The van der Waals surface area contributed by atoms with E-state index in [1.54, 1.807) is 0 Å². The molecule has 6 rings (SSSR count). The third kappa shape index (κ3) is 8.40. The van der Waals surface area contributed by atoms with Crippen molar-refractivity contribution < 1.29 is 29.3 Å². The van der Waals surface area contributed by atoms with Crippen molar-refractivity contribution in [2.24, 2.45) is 0 Å². The van der Waals surface area contributed by atoms with Crippen LogP contribution in [0.3, 0.4) is 0 Å². The number of amides is 1. The van der Waals surface area contributed by atoms with Crippen LogP contribution in [0.15, 0.2) is 77.6 Å². The SMILES string of the molecule is O=C(O)CCCCCC(=O)Nc1ccc([C@@H]2O[C@H](CN3CCC(n4c(=O)[nH]c5ccccc54)CC3)C[C@H](c3ccc(CO)cc3)O2)cc1. The van der Waals surface area contributed by atoms with Gasteiger partial charge in [0.1, 0.15) is 0 Å². The van der Waals surface area contributed by atoms with Gasteiger partial charge in [-0.2, -0.15) is 0 Å². The molecule has 2 saturated heterocycles. The minimum absolute atomic E-state index is 0.0194. The van der Waals surface area contributed by atoms with E-state index < -0.39 is 12.3 Å². The molecule has 2 aliphatic heterocycles. The number of hydrogen-bond donors (Lipinski definition) is 4. The summed E-state index contributed by atoms with van der Waals surface area (Å²) in [4.78, 5) is 41.3. The molecular weight excluding hydrogens is 612 g/mol. The third-order valence-electron chi connectivity index (χ3n) is 9.38. The number of carboxylic acid groups (broad SMARTS) is 1. The first kappa shape index (κ1) is 33.6. The molecule has 48 heavy (non-hydrogen) atoms. The number of aromatic nitrogens is 2. The Morgan fingerprint density at radius 1 is 0.875 bits per heavy atom. The average molecular weight is 657 g/mol. The monoisotopic (exact) mass is 656 g/mol. The van der Waals surface area contributed by atoms with Crippen molar-refractivity contribution in [1.29, 1.82) is 0 Å². The fraction of sp³-hybridized carbons (Fsp3) is 0.432. The maximum Gasteiger partial charge on any atom is 0.326 e. The highest BCUT2D eigenvalue weighted by molar-refractivity contribution is 5.90. The molecule has 1 aromatic heterocycles. The van der Waals surface area contributed by atoms with E-state index in [0.29, 0.717) is 37.8 Å². The lowest BCUT2D eigenvalue weighted by Crippen LogP contribution is -2.43. The van der Waals surface area contributed by atoms with Crippen LogP contribution in [0, 0.1) is 0 Å². The van der Waals surface area contributed by atoms with Crippen molar-refractivity contribution in [2.45, 2.75) is 82.5 Å². The van der Waals surface area contributed by atoms with E-state index in [4.69, 9.17) is 14.6 Å². The molecule has 0 bridgehead atoms. The first-order valence-corrected chi connectivity index (χ1v) is 16.9. The molecule has 0 saturated carbocycles. The summed E-state index contributed by atoms with van der Waals surface area (Å²) in [7, 11) is 0. The van der Waals surface area contributed by atoms with Gasteiger partial charge in [-0.05, 0) is 61.1 Å². The van der Waals surface area contributed by atoms with Gasteiger partial charge >= 0.3 is 11.7 Å². The molecule has 3 atom stereocenters. The van der Waals surface area contributed by atoms with E-state index in [-0.39, 0.29) is 42.9 Å². The number of piperidine rings is 1. The lowest BCUT2D eigenvalue weighted by atomic mass is 9.98. The Kier molecular flexibility index (Phi) is 11.0. The quantitative estimate of drug-likeness (QED) is 0.135. The number of aliphatic hydroxyl groups excluding tert-OH is 1. The summed E-state index contributed by atoms with van der Waals surface area (Å²) >= 11 is 0. The number of fused-ring (bicyclic) bond motifs is 1. The predicted molar refractivity (Wildman–Crippen MR) is 181 cm³/mol. The molecule has 1 amide bonds. The first-order chi connectivity index (χ1) is 23.4. The van der Waals surface area contributed by atoms with Crippen LogP contribution in [0.4, 0.5) is 5.69 Å². The molecule has 2 aliphatic rings. The van der Waals surface area contributed by atoms with Crippen molar-refractivity contribution in [3.05, 3.63) is 100.0 Å². The van der Waals surface area contributed by atoms with E-state index in [1.165, 1.54) is 0 Å². The maximum atomic E-state index is 12.8. The summed E-state index contributed by atoms with van der Waals surface area (Å²) in [6.07, 6.45) is 3.88. The Labute approximate surface area is 279 Å². The van der Waals surface area contributed by atoms with Gasteiger partial charge in [-0.15, -0.1) is 0 Å². The molecule has 4 N–H and O–H groups in total. The highest BCUT2D eigenvalue weighted by Gasteiger charge is 2.34. The van der Waals surface area contributed by atoms with Crippen LogP contribution in [0.5, 0.6) is 0 Å². The fourth-order valence-corrected chi connectivity index (χ4v) is 6.80. The lowest BCUT2D eigenvalue weighted by molar-refractivity contribution is -0.253. The van der Waals surface area contributed by atoms with Crippen molar-refractivity contribution in [1.82, 2.24) is 14.5 Å². The summed E-state index contributed by atoms with van der Waals surface area (Å²) in [5.41, 5.74) is 5.15. The minimum Gasteiger partial charge on any atom is -0.481 e. The highest BCUT2D eigenvalue weighted by atomic mass is 16.7. The highest BCUT2D eigenvalue weighted by Crippen LogP contribution is 2.39. The van der Waals surface area contributed by atoms with Gasteiger partial charge in [0.15, 0.2) is 6.29 Å². The molecule has 254 valence electrons. The number of carboxylic acids is 1. The molecule has 4 aromatic rings. The van der Waals surface area contributed by atoms with Gasteiger partial charge in [-0.25, -0.2) is 4.79 Å². The Hall–Kier alpha value is -4.29. The van der Waals surface area contributed by atoms with Gasteiger partial charge in [0.05, 0.1) is 29.8 Å². The summed E-state index contributed by atoms with van der Waals surface area (Å²) in [5, 5.41) is 21.2. The molecule has 11 heteroatoms. The molecule has 0 unspecified atom stereocenters. The number of aromatic amines is 1.